The van der Waals surface area contributed by atoms with E-state index in [4.69, 9.17) is 0 Å². The van der Waals surface area contributed by atoms with Crippen molar-refractivity contribution < 1.29 is 14.4 Å². The van der Waals surface area contributed by atoms with Gasteiger partial charge in [-0.1, -0.05) is 20.8 Å². The van der Waals surface area contributed by atoms with E-state index in [1.165, 1.54) is 0 Å². The van der Waals surface area contributed by atoms with Crippen molar-refractivity contribution in [3.05, 3.63) is 0 Å². The zero-order chi connectivity index (χ0) is 16.5. The summed E-state index contributed by atoms with van der Waals surface area (Å²) in [6, 6.07) is 0.188. The first-order valence-electron chi connectivity index (χ1n) is 8.38. The van der Waals surface area contributed by atoms with Crippen LogP contribution in [0, 0.1) is 17.3 Å². The molecular weight excluding hydrogens is 280 g/mol. The number of hydrogen-bond donors (Lipinski definition) is 1. The number of amides is 3. The molecule has 3 amide bonds. The van der Waals surface area contributed by atoms with Crippen LogP contribution in [0.25, 0.3) is 0 Å². The van der Waals surface area contributed by atoms with Gasteiger partial charge in [-0.05, 0) is 44.4 Å². The molecule has 1 atom stereocenters. The second-order valence-electron chi connectivity index (χ2n) is 7.56. The van der Waals surface area contributed by atoms with Crippen LogP contribution in [0.2, 0.25) is 0 Å². The minimum atomic E-state index is -0.669. The molecule has 5 heteroatoms. The molecule has 0 aromatic heterocycles. The SMILES string of the molecule is CC1CCC(NC(=O)CN2C(=O)C[C@](C)(C(C)C)C2=O)CC1. The monoisotopic (exact) mass is 308 g/mol. The molecule has 0 unspecified atom stereocenters. The van der Waals surface area contributed by atoms with E-state index in [9.17, 15) is 14.4 Å². The lowest BCUT2D eigenvalue weighted by molar-refractivity contribution is -0.145. The van der Waals surface area contributed by atoms with Crippen molar-refractivity contribution in [3.8, 4) is 0 Å². The number of likely N-dealkylation sites (tertiary alicyclic amines) is 1. The molecule has 0 spiro atoms. The average Bonchev–Trinajstić information content (AvgIpc) is 2.66. The largest absolute Gasteiger partial charge is 0.352 e. The summed E-state index contributed by atoms with van der Waals surface area (Å²) in [4.78, 5) is 37.9. The molecule has 2 fully saturated rings. The minimum absolute atomic E-state index is 0.0804. The lowest BCUT2D eigenvalue weighted by atomic mass is 9.78. The highest BCUT2D eigenvalue weighted by Gasteiger charge is 2.50. The van der Waals surface area contributed by atoms with Crippen molar-refractivity contribution >= 4 is 17.7 Å². The number of hydrogen-bond acceptors (Lipinski definition) is 3. The normalized spacial score (nSPS) is 32.7. The molecule has 124 valence electrons. The molecule has 1 aliphatic carbocycles. The van der Waals surface area contributed by atoms with Crippen molar-refractivity contribution in [2.24, 2.45) is 17.3 Å². The molecule has 22 heavy (non-hydrogen) atoms. The van der Waals surface area contributed by atoms with Crippen LogP contribution in [-0.4, -0.2) is 35.2 Å². The Hall–Kier alpha value is -1.39. The van der Waals surface area contributed by atoms with Crippen molar-refractivity contribution in [2.75, 3.05) is 6.54 Å². The Kier molecular flexibility index (Phi) is 4.93. The zero-order valence-corrected chi connectivity index (χ0v) is 14.1. The maximum atomic E-state index is 12.5. The fraction of sp³-hybridized carbons (Fsp3) is 0.824. The fourth-order valence-corrected chi connectivity index (χ4v) is 3.34. The Morgan fingerprint density at radius 1 is 1.27 bits per heavy atom. The standard InChI is InChI=1S/C17H28N2O3/c1-11(2)17(4)9-15(21)19(16(17)22)10-14(20)18-13-7-5-12(3)6-8-13/h11-13H,5-10H2,1-4H3,(H,18,20)/t12?,13?,17-/m1/s1. The molecule has 1 saturated carbocycles. The van der Waals surface area contributed by atoms with Crippen LogP contribution in [0.1, 0.15) is 59.8 Å². The molecule has 1 aliphatic heterocycles. The van der Waals surface area contributed by atoms with Crippen LogP contribution in [0.5, 0.6) is 0 Å². The number of rotatable bonds is 4. The summed E-state index contributed by atoms with van der Waals surface area (Å²) >= 11 is 0. The first kappa shape index (κ1) is 17.0. The van der Waals surface area contributed by atoms with Crippen LogP contribution >= 0.6 is 0 Å². The smallest absolute Gasteiger partial charge is 0.240 e. The third kappa shape index (κ3) is 3.33. The Labute approximate surface area is 132 Å². The third-order valence-corrected chi connectivity index (χ3v) is 5.51. The summed E-state index contributed by atoms with van der Waals surface area (Å²) in [5, 5.41) is 2.98. The van der Waals surface area contributed by atoms with E-state index < -0.39 is 5.41 Å². The number of carbonyl (C=O) groups is 3. The van der Waals surface area contributed by atoms with Crippen molar-refractivity contribution in [2.45, 2.75) is 65.8 Å². The van der Waals surface area contributed by atoms with Gasteiger partial charge in [0.25, 0.3) is 0 Å². The van der Waals surface area contributed by atoms with Crippen LogP contribution in [0.15, 0.2) is 0 Å². The van der Waals surface area contributed by atoms with E-state index in [1.54, 1.807) is 0 Å². The van der Waals surface area contributed by atoms with E-state index in [2.05, 4.69) is 12.2 Å². The van der Waals surface area contributed by atoms with E-state index in [0.29, 0.717) is 0 Å². The Balaban J connectivity index is 1.91. The molecule has 0 aromatic carbocycles. The molecule has 0 aromatic rings. The molecular formula is C17H28N2O3. The van der Waals surface area contributed by atoms with Gasteiger partial charge < -0.3 is 5.32 Å². The summed E-state index contributed by atoms with van der Waals surface area (Å²) in [5.74, 6) is 0.154. The van der Waals surface area contributed by atoms with Crippen LogP contribution in [0.3, 0.4) is 0 Å². The fourth-order valence-electron chi connectivity index (χ4n) is 3.34. The molecule has 2 aliphatic rings. The molecule has 1 heterocycles. The molecule has 1 saturated heterocycles. The second kappa shape index (κ2) is 6.39. The van der Waals surface area contributed by atoms with Gasteiger partial charge in [-0.25, -0.2) is 0 Å². The van der Waals surface area contributed by atoms with E-state index in [-0.39, 0.29) is 42.6 Å². The summed E-state index contributed by atoms with van der Waals surface area (Å²) < 4.78 is 0. The first-order valence-corrected chi connectivity index (χ1v) is 8.38. The second-order valence-corrected chi connectivity index (χ2v) is 7.56. The highest BCUT2D eigenvalue weighted by atomic mass is 16.2. The summed E-state index contributed by atoms with van der Waals surface area (Å²) in [6.07, 6.45) is 4.42. The van der Waals surface area contributed by atoms with Crippen molar-refractivity contribution in [3.63, 3.8) is 0 Å². The van der Waals surface area contributed by atoms with Gasteiger partial charge in [0, 0.05) is 12.5 Å². The van der Waals surface area contributed by atoms with E-state index >= 15 is 0 Å². The number of carbonyl (C=O) groups excluding carboxylic acids is 3. The Bertz CT molecular complexity index is 467. The number of nitrogens with one attached hydrogen (secondary N) is 1. The molecule has 5 nitrogen and oxygen atoms in total. The molecule has 2 rings (SSSR count). The molecule has 0 bridgehead atoms. The van der Waals surface area contributed by atoms with Crippen LogP contribution in [0.4, 0.5) is 0 Å². The molecule has 1 N–H and O–H groups in total. The topological polar surface area (TPSA) is 66.5 Å². The number of nitrogens with zero attached hydrogens (tertiary/aromatic N) is 1. The van der Waals surface area contributed by atoms with Crippen molar-refractivity contribution in [1.82, 2.24) is 10.2 Å². The van der Waals surface area contributed by atoms with Crippen LogP contribution in [-0.2, 0) is 14.4 Å². The Morgan fingerprint density at radius 2 is 1.86 bits per heavy atom. The van der Waals surface area contributed by atoms with Gasteiger partial charge in [0.2, 0.25) is 17.7 Å². The highest BCUT2D eigenvalue weighted by Crippen LogP contribution is 2.39. The predicted octanol–water partition coefficient (Wildman–Crippen LogP) is 2.10. The lowest BCUT2D eigenvalue weighted by Crippen LogP contribution is -2.46. The van der Waals surface area contributed by atoms with E-state index in [0.717, 1.165) is 36.5 Å². The first-order chi connectivity index (χ1) is 10.2. The Morgan fingerprint density at radius 3 is 2.36 bits per heavy atom. The summed E-state index contributed by atoms with van der Waals surface area (Å²) in [6.45, 7) is 7.80. The van der Waals surface area contributed by atoms with Gasteiger partial charge in [-0.15, -0.1) is 0 Å². The van der Waals surface area contributed by atoms with Gasteiger partial charge >= 0.3 is 0 Å². The quantitative estimate of drug-likeness (QED) is 0.809. The minimum Gasteiger partial charge on any atom is -0.352 e. The van der Waals surface area contributed by atoms with Gasteiger partial charge in [-0.2, -0.15) is 0 Å². The van der Waals surface area contributed by atoms with Crippen LogP contribution < -0.4 is 5.32 Å². The zero-order valence-electron chi connectivity index (χ0n) is 14.1. The van der Waals surface area contributed by atoms with Gasteiger partial charge in [0.1, 0.15) is 6.54 Å². The van der Waals surface area contributed by atoms with Gasteiger partial charge in [0.05, 0.1) is 5.41 Å². The van der Waals surface area contributed by atoms with Gasteiger partial charge in [-0.3, -0.25) is 19.3 Å². The average molecular weight is 308 g/mol. The van der Waals surface area contributed by atoms with Gasteiger partial charge in [0.15, 0.2) is 0 Å². The highest BCUT2D eigenvalue weighted by molar-refractivity contribution is 6.07. The maximum absolute atomic E-state index is 12.5. The summed E-state index contributed by atoms with van der Waals surface area (Å²) in [5.41, 5.74) is -0.669. The lowest BCUT2D eigenvalue weighted by Gasteiger charge is -2.28. The maximum Gasteiger partial charge on any atom is 0.240 e. The summed E-state index contributed by atoms with van der Waals surface area (Å²) in [7, 11) is 0. The number of imide groups is 1. The third-order valence-electron chi connectivity index (χ3n) is 5.51. The molecule has 0 radical (unpaired) electrons. The predicted molar refractivity (Wildman–Crippen MR) is 83.8 cm³/mol. The van der Waals surface area contributed by atoms with E-state index in [1.807, 2.05) is 20.8 Å². The van der Waals surface area contributed by atoms with Crippen molar-refractivity contribution in [1.29, 1.82) is 0 Å².